The van der Waals surface area contributed by atoms with Crippen LogP contribution in [0.25, 0.3) is 0 Å². The largest absolute Gasteiger partial charge is 0.321 e. The fourth-order valence-corrected chi connectivity index (χ4v) is 3.31. The monoisotopic (exact) mass is 367 g/mol. The Kier molecular flexibility index (Phi) is 5.40. The molecule has 1 heterocycles. The van der Waals surface area contributed by atoms with Gasteiger partial charge in [0.1, 0.15) is 0 Å². The Hall–Kier alpha value is -3.03. The second-order valence-corrected chi connectivity index (χ2v) is 7.30. The molecule has 1 amide bonds. The standard InChI is InChI=1S/C19H17N3O3S/c23-19(22-17-5-4-12-20-14-17)16-10-8-15(9-11-16)13-21-26(24,25)18-6-2-1-3-7-18/h1-12,14,21H,13H2,(H,22,23). The molecular formula is C19H17N3O3S. The highest BCUT2D eigenvalue weighted by molar-refractivity contribution is 7.89. The van der Waals surface area contributed by atoms with Gasteiger partial charge in [-0.2, -0.15) is 0 Å². The van der Waals surface area contributed by atoms with E-state index in [1.165, 1.54) is 12.1 Å². The summed E-state index contributed by atoms with van der Waals surface area (Å²) in [5.74, 6) is -0.255. The van der Waals surface area contributed by atoms with Gasteiger partial charge in [-0.15, -0.1) is 0 Å². The molecule has 132 valence electrons. The van der Waals surface area contributed by atoms with Crippen LogP contribution in [0, 0.1) is 0 Å². The second kappa shape index (κ2) is 7.90. The minimum Gasteiger partial charge on any atom is -0.321 e. The van der Waals surface area contributed by atoms with Crippen molar-refractivity contribution >= 4 is 21.6 Å². The third-order valence-electron chi connectivity index (χ3n) is 3.66. The molecule has 1 aromatic heterocycles. The van der Waals surface area contributed by atoms with Gasteiger partial charge in [0, 0.05) is 18.3 Å². The van der Waals surface area contributed by atoms with E-state index in [1.54, 1.807) is 67.0 Å². The van der Waals surface area contributed by atoms with Crippen LogP contribution in [0.15, 0.2) is 84.0 Å². The van der Waals surface area contributed by atoms with Crippen molar-refractivity contribution in [2.24, 2.45) is 0 Å². The molecule has 0 bridgehead atoms. The van der Waals surface area contributed by atoms with E-state index in [2.05, 4.69) is 15.0 Å². The average molecular weight is 367 g/mol. The van der Waals surface area contributed by atoms with E-state index < -0.39 is 10.0 Å². The normalized spacial score (nSPS) is 11.1. The summed E-state index contributed by atoms with van der Waals surface area (Å²) >= 11 is 0. The molecule has 7 heteroatoms. The second-order valence-electron chi connectivity index (χ2n) is 5.53. The molecule has 3 rings (SSSR count). The van der Waals surface area contributed by atoms with Crippen LogP contribution in [0.2, 0.25) is 0 Å². The van der Waals surface area contributed by atoms with Crippen LogP contribution in [0.5, 0.6) is 0 Å². The molecule has 0 saturated heterocycles. The zero-order chi connectivity index (χ0) is 18.4. The van der Waals surface area contributed by atoms with Crippen molar-refractivity contribution < 1.29 is 13.2 Å². The number of benzene rings is 2. The number of hydrogen-bond donors (Lipinski definition) is 2. The van der Waals surface area contributed by atoms with Crippen molar-refractivity contribution in [3.8, 4) is 0 Å². The first-order valence-corrected chi connectivity index (χ1v) is 9.38. The van der Waals surface area contributed by atoms with Gasteiger partial charge in [-0.25, -0.2) is 13.1 Å². The zero-order valence-electron chi connectivity index (χ0n) is 13.8. The third-order valence-corrected chi connectivity index (χ3v) is 5.07. The van der Waals surface area contributed by atoms with Crippen molar-refractivity contribution in [2.45, 2.75) is 11.4 Å². The van der Waals surface area contributed by atoms with E-state index in [1.807, 2.05) is 0 Å². The minimum absolute atomic E-state index is 0.141. The van der Waals surface area contributed by atoms with Crippen molar-refractivity contribution in [3.63, 3.8) is 0 Å². The fourth-order valence-electron chi connectivity index (χ4n) is 2.28. The van der Waals surface area contributed by atoms with Crippen LogP contribution in [-0.2, 0) is 16.6 Å². The third kappa shape index (κ3) is 4.53. The molecule has 0 aliphatic carbocycles. The van der Waals surface area contributed by atoms with E-state index in [0.29, 0.717) is 11.3 Å². The molecule has 3 aromatic rings. The molecule has 6 nitrogen and oxygen atoms in total. The highest BCUT2D eigenvalue weighted by atomic mass is 32.2. The Morgan fingerprint density at radius 1 is 0.923 bits per heavy atom. The number of anilines is 1. The number of hydrogen-bond acceptors (Lipinski definition) is 4. The lowest BCUT2D eigenvalue weighted by Crippen LogP contribution is -2.23. The molecule has 0 atom stereocenters. The van der Waals surface area contributed by atoms with Crippen LogP contribution in [0.1, 0.15) is 15.9 Å². The Bertz CT molecular complexity index is 974. The fraction of sp³-hybridized carbons (Fsp3) is 0.0526. The highest BCUT2D eigenvalue weighted by Crippen LogP contribution is 2.11. The maximum atomic E-state index is 12.2. The van der Waals surface area contributed by atoms with Crippen LogP contribution >= 0.6 is 0 Å². The molecular weight excluding hydrogens is 350 g/mol. The molecule has 2 N–H and O–H groups in total. The number of nitrogens with zero attached hydrogens (tertiary/aromatic N) is 1. The first kappa shape index (κ1) is 17.8. The topological polar surface area (TPSA) is 88.2 Å². The molecule has 0 aliphatic heterocycles. The zero-order valence-corrected chi connectivity index (χ0v) is 14.6. The first-order chi connectivity index (χ1) is 12.5. The molecule has 2 aromatic carbocycles. The molecule has 0 spiro atoms. The summed E-state index contributed by atoms with van der Waals surface area (Å²) < 4.78 is 26.9. The summed E-state index contributed by atoms with van der Waals surface area (Å²) in [5, 5.41) is 2.74. The molecule has 0 aliphatic rings. The van der Waals surface area contributed by atoms with Crippen molar-refractivity contribution in [2.75, 3.05) is 5.32 Å². The van der Waals surface area contributed by atoms with E-state index in [0.717, 1.165) is 5.56 Å². The molecule has 0 saturated carbocycles. The minimum atomic E-state index is -3.56. The Morgan fingerprint density at radius 3 is 2.31 bits per heavy atom. The van der Waals surface area contributed by atoms with Gasteiger partial charge < -0.3 is 5.32 Å². The van der Waals surface area contributed by atoms with Crippen LogP contribution in [-0.4, -0.2) is 19.3 Å². The average Bonchev–Trinajstić information content (AvgIpc) is 2.68. The van der Waals surface area contributed by atoms with E-state index in [4.69, 9.17) is 0 Å². The molecule has 26 heavy (non-hydrogen) atoms. The predicted octanol–water partition coefficient (Wildman–Crippen LogP) is 2.81. The summed E-state index contributed by atoms with van der Waals surface area (Å²) in [5.41, 5.74) is 1.84. The van der Waals surface area contributed by atoms with Gasteiger partial charge in [0.25, 0.3) is 5.91 Å². The number of nitrogens with one attached hydrogen (secondary N) is 2. The van der Waals surface area contributed by atoms with Crippen LogP contribution < -0.4 is 10.0 Å². The Morgan fingerprint density at radius 2 is 1.65 bits per heavy atom. The van der Waals surface area contributed by atoms with E-state index in [-0.39, 0.29) is 17.3 Å². The number of sulfonamides is 1. The van der Waals surface area contributed by atoms with E-state index >= 15 is 0 Å². The molecule has 0 radical (unpaired) electrons. The van der Waals surface area contributed by atoms with Gasteiger partial charge >= 0.3 is 0 Å². The molecule has 0 fully saturated rings. The summed E-state index contributed by atoms with van der Waals surface area (Å²) in [4.78, 5) is 16.3. The van der Waals surface area contributed by atoms with Crippen LogP contribution in [0.4, 0.5) is 5.69 Å². The lowest BCUT2D eigenvalue weighted by atomic mass is 10.1. The maximum Gasteiger partial charge on any atom is 0.255 e. The smallest absolute Gasteiger partial charge is 0.255 e. The number of rotatable bonds is 6. The van der Waals surface area contributed by atoms with Gasteiger partial charge in [-0.05, 0) is 42.0 Å². The van der Waals surface area contributed by atoms with Gasteiger partial charge in [0.2, 0.25) is 10.0 Å². The van der Waals surface area contributed by atoms with Crippen LogP contribution in [0.3, 0.4) is 0 Å². The number of pyridine rings is 1. The SMILES string of the molecule is O=C(Nc1cccnc1)c1ccc(CNS(=O)(=O)c2ccccc2)cc1. The summed E-state index contributed by atoms with van der Waals surface area (Å²) in [6.07, 6.45) is 3.19. The van der Waals surface area contributed by atoms with Crippen molar-refractivity contribution in [1.29, 1.82) is 0 Å². The quantitative estimate of drug-likeness (QED) is 0.701. The Labute approximate surface area is 152 Å². The predicted molar refractivity (Wildman–Crippen MR) is 99.1 cm³/mol. The lowest BCUT2D eigenvalue weighted by molar-refractivity contribution is 0.102. The Balaban J connectivity index is 1.62. The number of carbonyl (C=O) groups excluding carboxylic acids is 1. The van der Waals surface area contributed by atoms with Gasteiger partial charge in [-0.1, -0.05) is 30.3 Å². The van der Waals surface area contributed by atoms with Gasteiger partial charge in [-0.3, -0.25) is 9.78 Å². The van der Waals surface area contributed by atoms with Crippen molar-refractivity contribution in [3.05, 3.63) is 90.3 Å². The number of aromatic nitrogens is 1. The maximum absolute atomic E-state index is 12.2. The van der Waals surface area contributed by atoms with E-state index in [9.17, 15) is 13.2 Å². The summed E-state index contributed by atoms with van der Waals surface area (Å²) in [6, 6.07) is 18.4. The number of amides is 1. The first-order valence-electron chi connectivity index (χ1n) is 7.90. The van der Waals surface area contributed by atoms with Gasteiger partial charge in [0.05, 0.1) is 16.8 Å². The lowest BCUT2D eigenvalue weighted by Gasteiger charge is -2.08. The summed E-state index contributed by atoms with van der Waals surface area (Å²) in [6.45, 7) is 0.141. The van der Waals surface area contributed by atoms with Crippen molar-refractivity contribution in [1.82, 2.24) is 9.71 Å². The molecule has 0 unspecified atom stereocenters. The van der Waals surface area contributed by atoms with Gasteiger partial charge in [0.15, 0.2) is 0 Å². The summed E-state index contributed by atoms with van der Waals surface area (Å²) in [7, 11) is -3.56. The highest BCUT2D eigenvalue weighted by Gasteiger charge is 2.13. The number of carbonyl (C=O) groups is 1.